The van der Waals surface area contributed by atoms with Gasteiger partial charge in [0, 0.05) is 19.5 Å². The zero-order chi connectivity index (χ0) is 16.4. The molecule has 0 spiro atoms. The Kier molecular flexibility index (Phi) is 4.27. The smallest absolute Gasteiger partial charge is 0.306 e. The van der Waals surface area contributed by atoms with E-state index in [-0.39, 0.29) is 23.7 Å². The Morgan fingerprint density at radius 3 is 2.52 bits per heavy atom. The summed E-state index contributed by atoms with van der Waals surface area (Å²) in [5.41, 5.74) is 1.60. The first kappa shape index (κ1) is 15.5. The summed E-state index contributed by atoms with van der Waals surface area (Å²) in [6.45, 7) is 1.38. The number of aliphatic carboxylic acids is 1. The van der Waals surface area contributed by atoms with Crippen LogP contribution in [0.5, 0.6) is 0 Å². The van der Waals surface area contributed by atoms with Gasteiger partial charge in [0.2, 0.25) is 11.8 Å². The second-order valence-electron chi connectivity index (χ2n) is 6.04. The molecule has 0 saturated carbocycles. The normalized spacial score (nSPS) is 22.8. The number of piperidine rings is 2. The molecule has 2 saturated heterocycles. The van der Waals surface area contributed by atoms with Gasteiger partial charge in [-0.1, -0.05) is 0 Å². The number of anilines is 1. The standard InChI is InChI=1S/C16H19N3O4/c20-14-4-2-12(15(21)18-14)13-3-1-11(9-17-13)19-7-5-10(6-8-19)16(22)23/h1,3,9-10,12H,2,4-8H2,(H,22,23)(H,18,20,21). The van der Waals surface area contributed by atoms with Crippen LogP contribution in [0.15, 0.2) is 18.3 Å². The number of rotatable bonds is 3. The van der Waals surface area contributed by atoms with Gasteiger partial charge in [-0.25, -0.2) is 0 Å². The highest BCUT2D eigenvalue weighted by Gasteiger charge is 2.29. The minimum absolute atomic E-state index is 0.232. The maximum absolute atomic E-state index is 11.9. The summed E-state index contributed by atoms with van der Waals surface area (Å²) in [5, 5.41) is 11.4. The molecule has 3 rings (SSSR count). The van der Waals surface area contributed by atoms with Gasteiger partial charge in [0.1, 0.15) is 0 Å². The third-order valence-electron chi connectivity index (χ3n) is 4.58. The van der Waals surface area contributed by atoms with Crippen molar-refractivity contribution in [2.24, 2.45) is 5.92 Å². The summed E-state index contributed by atoms with van der Waals surface area (Å²) in [5.74, 6) is -1.88. The van der Waals surface area contributed by atoms with Crippen molar-refractivity contribution < 1.29 is 19.5 Å². The number of hydrogen-bond acceptors (Lipinski definition) is 5. The molecular weight excluding hydrogens is 298 g/mol. The zero-order valence-corrected chi connectivity index (χ0v) is 12.7. The van der Waals surface area contributed by atoms with Gasteiger partial charge >= 0.3 is 5.97 Å². The summed E-state index contributed by atoms with van der Waals surface area (Å²) in [4.78, 5) is 40.5. The SMILES string of the molecule is O=C1CCC(c2ccc(N3CCC(C(=O)O)CC3)cn2)C(=O)N1. The molecule has 0 aliphatic carbocycles. The van der Waals surface area contributed by atoms with Gasteiger partial charge < -0.3 is 10.0 Å². The van der Waals surface area contributed by atoms with Gasteiger partial charge in [-0.3, -0.25) is 24.7 Å². The number of carbonyl (C=O) groups excluding carboxylic acids is 2. The van der Waals surface area contributed by atoms with Gasteiger partial charge in [-0.05, 0) is 31.4 Å². The Morgan fingerprint density at radius 2 is 1.96 bits per heavy atom. The van der Waals surface area contributed by atoms with E-state index in [9.17, 15) is 14.4 Å². The highest BCUT2D eigenvalue weighted by atomic mass is 16.4. The molecule has 1 aromatic heterocycles. The third kappa shape index (κ3) is 3.33. The van der Waals surface area contributed by atoms with Gasteiger partial charge in [0.15, 0.2) is 0 Å². The largest absolute Gasteiger partial charge is 0.481 e. The van der Waals surface area contributed by atoms with Crippen LogP contribution in [0.4, 0.5) is 5.69 Å². The first-order chi connectivity index (χ1) is 11.0. The van der Waals surface area contributed by atoms with Crippen LogP contribution in [0.3, 0.4) is 0 Å². The molecule has 1 unspecified atom stereocenters. The van der Waals surface area contributed by atoms with Crippen LogP contribution in [-0.4, -0.2) is 41.0 Å². The fourth-order valence-corrected chi connectivity index (χ4v) is 3.15. The second kappa shape index (κ2) is 6.36. The van der Waals surface area contributed by atoms with Crippen molar-refractivity contribution in [1.29, 1.82) is 0 Å². The Labute approximate surface area is 133 Å². The van der Waals surface area contributed by atoms with E-state index in [0.717, 1.165) is 5.69 Å². The number of carbonyl (C=O) groups is 3. The van der Waals surface area contributed by atoms with Crippen molar-refractivity contribution in [3.8, 4) is 0 Å². The predicted octanol–water partition coefficient (Wildman–Crippen LogP) is 0.903. The highest BCUT2D eigenvalue weighted by Crippen LogP contribution is 2.27. The van der Waals surface area contributed by atoms with Crippen molar-refractivity contribution >= 4 is 23.5 Å². The Morgan fingerprint density at radius 1 is 1.22 bits per heavy atom. The summed E-state index contributed by atoms with van der Waals surface area (Å²) >= 11 is 0. The lowest BCUT2D eigenvalue weighted by Crippen LogP contribution is -2.39. The van der Waals surface area contributed by atoms with Crippen LogP contribution in [0.2, 0.25) is 0 Å². The number of amides is 2. The number of aromatic nitrogens is 1. The van der Waals surface area contributed by atoms with E-state index >= 15 is 0 Å². The number of nitrogens with zero attached hydrogens (tertiary/aromatic N) is 2. The molecule has 2 fully saturated rings. The van der Waals surface area contributed by atoms with Crippen molar-refractivity contribution in [2.45, 2.75) is 31.6 Å². The molecule has 2 aliphatic rings. The van der Waals surface area contributed by atoms with Crippen molar-refractivity contribution in [3.05, 3.63) is 24.0 Å². The number of imide groups is 1. The van der Waals surface area contributed by atoms with E-state index in [1.54, 1.807) is 6.20 Å². The number of pyridine rings is 1. The maximum Gasteiger partial charge on any atom is 0.306 e. The molecule has 2 N–H and O–H groups in total. The lowest BCUT2D eigenvalue weighted by molar-refractivity contribution is -0.142. The fraction of sp³-hybridized carbons (Fsp3) is 0.500. The average molecular weight is 317 g/mol. The summed E-state index contributed by atoms with van der Waals surface area (Å²) in [7, 11) is 0. The van der Waals surface area contributed by atoms with Crippen LogP contribution in [0.1, 0.15) is 37.3 Å². The second-order valence-corrected chi connectivity index (χ2v) is 6.04. The molecule has 0 radical (unpaired) electrons. The lowest BCUT2D eigenvalue weighted by atomic mass is 9.94. The molecule has 3 heterocycles. The topological polar surface area (TPSA) is 99.6 Å². The van der Waals surface area contributed by atoms with Crippen LogP contribution >= 0.6 is 0 Å². The van der Waals surface area contributed by atoms with Gasteiger partial charge in [0.05, 0.1) is 29.4 Å². The molecule has 7 heteroatoms. The number of nitrogens with one attached hydrogen (secondary N) is 1. The van der Waals surface area contributed by atoms with Crippen molar-refractivity contribution in [3.63, 3.8) is 0 Å². The van der Waals surface area contributed by atoms with Crippen molar-refractivity contribution in [1.82, 2.24) is 10.3 Å². The molecule has 0 bridgehead atoms. The molecule has 0 aromatic carbocycles. The number of carboxylic acid groups (broad SMARTS) is 1. The van der Waals surface area contributed by atoms with E-state index in [1.807, 2.05) is 12.1 Å². The quantitative estimate of drug-likeness (QED) is 0.804. The van der Waals surface area contributed by atoms with Gasteiger partial charge in [-0.2, -0.15) is 0 Å². The Balaban J connectivity index is 1.65. The molecule has 2 aliphatic heterocycles. The van der Waals surface area contributed by atoms with E-state index in [1.165, 1.54) is 0 Å². The summed E-state index contributed by atoms with van der Waals surface area (Å²) in [6.07, 6.45) is 3.80. The van der Waals surface area contributed by atoms with E-state index in [0.29, 0.717) is 44.5 Å². The monoisotopic (exact) mass is 317 g/mol. The highest BCUT2D eigenvalue weighted by molar-refractivity contribution is 6.00. The van der Waals surface area contributed by atoms with Crippen LogP contribution in [0, 0.1) is 5.92 Å². The molecular formula is C16H19N3O4. The van der Waals surface area contributed by atoms with Crippen molar-refractivity contribution in [2.75, 3.05) is 18.0 Å². The number of hydrogen-bond donors (Lipinski definition) is 2. The molecule has 122 valence electrons. The molecule has 7 nitrogen and oxygen atoms in total. The third-order valence-corrected chi connectivity index (χ3v) is 4.58. The summed E-state index contributed by atoms with van der Waals surface area (Å²) < 4.78 is 0. The first-order valence-corrected chi connectivity index (χ1v) is 7.82. The average Bonchev–Trinajstić information content (AvgIpc) is 2.55. The Bertz CT molecular complexity index is 621. The lowest BCUT2D eigenvalue weighted by Gasteiger charge is -2.31. The maximum atomic E-state index is 11.9. The molecule has 23 heavy (non-hydrogen) atoms. The minimum atomic E-state index is -0.726. The van der Waals surface area contributed by atoms with Crippen LogP contribution < -0.4 is 10.2 Å². The van der Waals surface area contributed by atoms with Gasteiger partial charge in [0.25, 0.3) is 0 Å². The minimum Gasteiger partial charge on any atom is -0.481 e. The predicted molar refractivity (Wildman–Crippen MR) is 81.9 cm³/mol. The van der Waals surface area contributed by atoms with E-state index in [2.05, 4.69) is 15.2 Å². The van der Waals surface area contributed by atoms with Crippen LogP contribution in [0.25, 0.3) is 0 Å². The molecule has 1 aromatic rings. The number of carboxylic acids is 1. The van der Waals surface area contributed by atoms with E-state index in [4.69, 9.17) is 5.11 Å². The molecule has 1 atom stereocenters. The molecule has 2 amide bonds. The summed E-state index contributed by atoms with van der Waals surface area (Å²) in [6, 6.07) is 3.73. The van der Waals surface area contributed by atoms with Crippen LogP contribution in [-0.2, 0) is 14.4 Å². The van der Waals surface area contributed by atoms with Gasteiger partial charge in [-0.15, -0.1) is 0 Å². The zero-order valence-electron chi connectivity index (χ0n) is 12.7. The Hall–Kier alpha value is -2.44. The fourth-order valence-electron chi connectivity index (χ4n) is 3.15. The van der Waals surface area contributed by atoms with E-state index < -0.39 is 5.97 Å². The first-order valence-electron chi connectivity index (χ1n) is 7.82.